The van der Waals surface area contributed by atoms with Crippen LogP contribution in [0, 0.1) is 5.92 Å². The van der Waals surface area contributed by atoms with E-state index in [1.54, 1.807) is 0 Å². The van der Waals surface area contributed by atoms with Gasteiger partial charge < -0.3 is 15.0 Å². The lowest BCUT2D eigenvalue weighted by Gasteiger charge is -2.33. The number of nitrogens with zero attached hydrogens (tertiary/aromatic N) is 1. The lowest BCUT2D eigenvalue weighted by atomic mass is 9.97. The topological polar surface area (TPSA) is 41.6 Å². The number of hydrogen-bond acceptors (Lipinski definition) is 3. The zero-order chi connectivity index (χ0) is 16.6. The van der Waals surface area contributed by atoms with Gasteiger partial charge in [-0.1, -0.05) is 23.8 Å². The van der Waals surface area contributed by atoms with E-state index in [4.69, 9.17) is 4.74 Å². The number of piperidine rings is 1. The molecule has 126 valence electrons. The normalized spacial score (nSPS) is 18.0. The van der Waals surface area contributed by atoms with Gasteiger partial charge in [0.2, 0.25) is 0 Å². The van der Waals surface area contributed by atoms with E-state index in [0.717, 1.165) is 39.0 Å². The molecule has 4 nitrogen and oxygen atoms in total. The predicted molar refractivity (Wildman–Crippen MR) is 92.0 cm³/mol. The highest BCUT2D eigenvalue weighted by molar-refractivity contribution is 5.68. The fourth-order valence-electron chi connectivity index (χ4n) is 2.44. The molecule has 0 aromatic heterocycles. The summed E-state index contributed by atoms with van der Waals surface area (Å²) in [5, 5.41) is 3.51. The fourth-order valence-corrected chi connectivity index (χ4v) is 2.44. The summed E-state index contributed by atoms with van der Waals surface area (Å²) in [6.45, 7) is 13.4. The predicted octanol–water partition coefficient (Wildman–Crippen LogP) is 3.75. The summed E-state index contributed by atoms with van der Waals surface area (Å²) < 4.78 is 5.42. The number of hydrogen-bond donors (Lipinski definition) is 1. The molecule has 0 aliphatic carbocycles. The van der Waals surface area contributed by atoms with Crippen LogP contribution in [0.25, 0.3) is 0 Å². The smallest absolute Gasteiger partial charge is 0.410 e. The monoisotopic (exact) mass is 308 g/mol. The molecular weight excluding hydrogens is 276 g/mol. The van der Waals surface area contributed by atoms with E-state index < -0.39 is 5.60 Å². The van der Waals surface area contributed by atoms with Crippen molar-refractivity contribution < 1.29 is 9.53 Å². The van der Waals surface area contributed by atoms with Gasteiger partial charge in [0, 0.05) is 19.6 Å². The SMILES string of the molecule is C/C=C\C=C(/C)CNCC1CCN(C(=O)OC(C)(C)C)CC1. The third-order valence-electron chi connectivity index (χ3n) is 3.68. The Bertz CT molecular complexity index is 400. The van der Waals surface area contributed by atoms with Crippen LogP contribution in [0.2, 0.25) is 0 Å². The average Bonchev–Trinajstić information content (AvgIpc) is 2.44. The Morgan fingerprint density at radius 1 is 1.32 bits per heavy atom. The molecule has 1 saturated heterocycles. The molecule has 22 heavy (non-hydrogen) atoms. The van der Waals surface area contributed by atoms with Crippen molar-refractivity contribution in [2.75, 3.05) is 26.2 Å². The number of carbonyl (C=O) groups is 1. The van der Waals surface area contributed by atoms with E-state index in [1.807, 2.05) is 38.7 Å². The molecule has 0 atom stereocenters. The van der Waals surface area contributed by atoms with Crippen molar-refractivity contribution in [3.63, 3.8) is 0 Å². The first kappa shape index (κ1) is 18.8. The first-order valence-corrected chi connectivity index (χ1v) is 8.29. The minimum atomic E-state index is -0.410. The van der Waals surface area contributed by atoms with Gasteiger partial charge in [0.05, 0.1) is 0 Å². The Morgan fingerprint density at radius 2 is 1.95 bits per heavy atom. The number of ether oxygens (including phenoxy) is 1. The number of allylic oxidation sites excluding steroid dienone is 3. The van der Waals surface area contributed by atoms with Gasteiger partial charge in [0.1, 0.15) is 5.60 Å². The van der Waals surface area contributed by atoms with E-state index in [1.165, 1.54) is 5.57 Å². The van der Waals surface area contributed by atoms with Crippen LogP contribution in [-0.2, 0) is 4.74 Å². The summed E-state index contributed by atoms with van der Waals surface area (Å²) >= 11 is 0. The van der Waals surface area contributed by atoms with Gasteiger partial charge in [0.25, 0.3) is 0 Å². The van der Waals surface area contributed by atoms with Crippen LogP contribution in [0.5, 0.6) is 0 Å². The minimum Gasteiger partial charge on any atom is -0.444 e. The molecule has 1 rings (SSSR count). The number of rotatable bonds is 5. The van der Waals surface area contributed by atoms with E-state index in [-0.39, 0.29) is 6.09 Å². The number of nitrogens with one attached hydrogen (secondary N) is 1. The van der Waals surface area contributed by atoms with E-state index >= 15 is 0 Å². The van der Waals surface area contributed by atoms with Gasteiger partial charge in [-0.15, -0.1) is 0 Å². The van der Waals surface area contributed by atoms with E-state index in [0.29, 0.717) is 5.92 Å². The van der Waals surface area contributed by atoms with Crippen LogP contribution in [0.4, 0.5) is 4.79 Å². The van der Waals surface area contributed by atoms with E-state index in [9.17, 15) is 4.79 Å². The highest BCUT2D eigenvalue weighted by atomic mass is 16.6. The minimum absolute atomic E-state index is 0.177. The summed E-state index contributed by atoms with van der Waals surface area (Å²) in [5.74, 6) is 0.646. The molecule has 0 radical (unpaired) electrons. The van der Waals surface area contributed by atoms with Gasteiger partial charge in [0.15, 0.2) is 0 Å². The van der Waals surface area contributed by atoms with Crippen molar-refractivity contribution in [2.45, 2.75) is 53.1 Å². The van der Waals surface area contributed by atoms with Crippen LogP contribution < -0.4 is 5.32 Å². The second-order valence-corrected chi connectivity index (χ2v) is 7.08. The molecule has 1 heterocycles. The first-order valence-electron chi connectivity index (χ1n) is 8.29. The molecule has 1 aliphatic rings. The highest BCUT2D eigenvalue weighted by Gasteiger charge is 2.26. The lowest BCUT2D eigenvalue weighted by Crippen LogP contribution is -2.43. The Labute approximate surface area is 135 Å². The Hall–Kier alpha value is -1.29. The second-order valence-electron chi connectivity index (χ2n) is 7.08. The van der Waals surface area contributed by atoms with Crippen LogP contribution in [0.15, 0.2) is 23.8 Å². The van der Waals surface area contributed by atoms with Crippen molar-refractivity contribution in [1.29, 1.82) is 0 Å². The van der Waals surface area contributed by atoms with Crippen molar-refractivity contribution in [3.05, 3.63) is 23.8 Å². The first-order chi connectivity index (χ1) is 10.3. The van der Waals surface area contributed by atoms with Gasteiger partial charge in [-0.25, -0.2) is 4.79 Å². The molecule has 0 bridgehead atoms. The average molecular weight is 308 g/mol. The second kappa shape index (κ2) is 8.99. The summed E-state index contributed by atoms with van der Waals surface area (Å²) in [6.07, 6.45) is 8.15. The molecule has 1 amide bonds. The van der Waals surface area contributed by atoms with Gasteiger partial charge in [-0.3, -0.25) is 0 Å². The molecular formula is C18H32N2O2. The van der Waals surface area contributed by atoms with Gasteiger partial charge >= 0.3 is 6.09 Å². The maximum Gasteiger partial charge on any atom is 0.410 e. The van der Waals surface area contributed by atoms with Crippen molar-refractivity contribution >= 4 is 6.09 Å². The van der Waals surface area contributed by atoms with Crippen LogP contribution >= 0.6 is 0 Å². The van der Waals surface area contributed by atoms with Crippen molar-refractivity contribution in [2.24, 2.45) is 5.92 Å². The standard InChI is InChI=1S/C18H32N2O2/c1-6-7-8-15(2)13-19-14-16-9-11-20(12-10-16)17(21)22-18(3,4)5/h6-8,16,19H,9-14H2,1-5H3/b7-6-,15-8+. The summed E-state index contributed by atoms with van der Waals surface area (Å²) in [6, 6.07) is 0. The zero-order valence-electron chi connectivity index (χ0n) is 14.8. The van der Waals surface area contributed by atoms with Crippen LogP contribution in [-0.4, -0.2) is 42.8 Å². The Kier molecular flexibility index (Phi) is 7.66. The summed E-state index contributed by atoms with van der Waals surface area (Å²) in [7, 11) is 0. The molecule has 1 aliphatic heterocycles. The van der Waals surface area contributed by atoms with Gasteiger partial charge in [-0.05, 0) is 59.9 Å². The molecule has 4 heteroatoms. The van der Waals surface area contributed by atoms with Crippen molar-refractivity contribution in [1.82, 2.24) is 10.2 Å². The number of likely N-dealkylation sites (tertiary alicyclic amines) is 1. The maximum absolute atomic E-state index is 12.0. The van der Waals surface area contributed by atoms with Gasteiger partial charge in [-0.2, -0.15) is 0 Å². The van der Waals surface area contributed by atoms with E-state index in [2.05, 4.69) is 24.4 Å². The lowest BCUT2D eigenvalue weighted by molar-refractivity contribution is 0.0184. The maximum atomic E-state index is 12.0. The number of amides is 1. The van der Waals surface area contributed by atoms with Crippen LogP contribution in [0.3, 0.4) is 0 Å². The third kappa shape index (κ3) is 7.64. The molecule has 1 N–H and O–H groups in total. The van der Waals surface area contributed by atoms with Crippen molar-refractivity contribution in [3.8, 4) is 0 Å². The number of carbonyl (C=O) groups excluding carboxylic acids is 1. The quantitative estimate of drug-likeness (QED) is 0.787. The zero-order valence-corrected chi connectivity index (χ0v) is 14.8. The van der Waals surface area contributed by atoms with Crippen LogP contribution in [0.1, 0.15) is 47.5 Å². The molecule has 0 aromatic carbocycles. The highest BCUT2D eigenvalue weighted by Crippen LogP contribution is 2.19. The summed E-state index contributed by atoms with van der Waals surface area (Å²) in [4.78, 5) is 13.8. The Balaban J connectivity index is 2.24. The Morgan fingerprint density at radius 3 is 2.50 bits per heavy atom. The largest absolute Gasteiger partial charge is 0.444 e. The molecule has 0 saturated carbocycles. The molecule has 0 aromatic rings. The molecule has 0 unspecified atom stereocenters. The summed E-state index contributed by atoms with van der Waals surface area (Å²) in [5.41, 5.74) is 0.927. The molecule has 0 spiro atoms. The third-order valence-corrected chi connectivity index (χ3v) is 3.68. The fraction of sp³-hybridized carbons (Fsp3) is 0.722. The molecule has 1 fully saturated rings.